The van der Waals surface area contributed by atoms with Gasteiger partial charge in [0.15, 0.2) is 5.16 Å². The van der Waals surface area contributed by atoms with E-state index in [2.05, 4.69) is 11.9 Å². The molecular weight excluding hydrogens is 354 g/mol. The Kier molecular flexibility index (Phi) is 5.64. The van der Waals surface area contributed by atoms with Gasteiger partial charge in [-0.15, -0.1) is 11.3 Å². The summed E-state index contributed by atoms with van der Waals surface area (Å²) in [5, 5.41) is 4.16. The second-order valence-corrected chi connectivity index (χ2v) is 8.40. The lowest BCUT2D eigenvalue weighted by Crippen LogP contribution is -2.27. The van der Waals surface area contributed by atoms with Crippen molar-refractivity contribution in [2.24, 2.45) is 0 Å². The number of nitrogens with zero attached hydrogens (tertiary/aromatic N) is 2. The number of allylic oxidation sites excluding steroid dienone is 1. The average molecular weight is 378 g/mol. The Labute approximate surface area is 155 Å². The van der Waals surface area contributed by atoms with E-state index < -0.39 is 0 Å². The predicted molar refractivity (Wildman–Crippen MR) is 105 cm³/mol. The van der Waals surface area contributed by atoms with Crippen molar-refractivity contribution in [3.05, 3.63) is 32.9 Å². The third-order valence-electron chi connectivity index (χ3n) is 4.17. The van der Waals surface area contributed by atoms with Crippen molar-refractivity contribution in [1.82, 2.24) is 14.9 Å². The molecule has 2 aromatic rings. The van der Waals surface area contributed by atoms with Gasteiger partial charge >= 0.3 is 0 Å². The van der Waals surface area contributed by atoms with Crippen molar-refractivity contribution in [2.75, 3.05) is 12.3 Å². The molecule has 5 nitrogen and oxygen atoms in total. The first-order chi connectivity index (χ1) is 12.0. The molecule has 134 valence electrons. The molecule has 0 spiro atoms. The molecule has 2 aromatic heterocycles. The van der Waals surface area contributed by atoms with E-state index >= 15 is 0 Å². The number of fused-ring (bicyclic) bond motifs is 3. The lowest BCUT2D eigenvalue weighted by Gasteiger charge is -2.13. The molecule has 0 fully saturated rings. The summed E-state index contributed by atoms with van der Waals surface area (Å²) in [6, 6.07) is 0. The van der Waals surface area contributed by atoms with Crippen LogP contribution >= 0.6 is 23.1 Å². The third-order valence-corrected chi connectivity index (χ3v) is 6.34. The molecule has 1 amide bonds. The van der Waals surface area contributed by atoms with Gasteiger partial charge in [0.1, 0.15) is 4.83 Å². The lowest BCUT2D eigenvalue weighted by atomic mass is 9.97. The second kappa shape index (κ2) is 7.74. The van der Waals surface area contributed by atoms with Gasteiger partial charge in [-0.3, -0.25) is 14.2 Å². The molecule has 0 saturated heterocycles. The third kappa shape index (κ3) is 3.82. The minimum Gasteiger partial charge on any atom is -0.356 e. The number of hydrogen-bond donors (Lipinski definition) is 1. The Bertz CT molecular complexity index is 883. The molecule has 1 N–H and O–H groups in total. The van der Waals surface area contributed by atoms with Gasteiger partial charge < -0.3 is 5.32 Å². The zero-order valence-electron chi connectivity index (χ0n) is 14.7. The van der Waals surface area contributed by atoms with E-state index in [4.69, 9.17) is 4.98 Å². The van der Waals surface area contributed by atoms with Crippen LogP contribution in [0, 0.1) is 0 Å². The number of carbonyl (C=O) groups is 1. The normalized spacial score (nSPS) is 13.7. The summed E-state index contributed by atoms with van der Waals surface area (Å²) in [7, 11) is 0. The highest BCUT2D eigenvalue weighted by Gasteiger charge is 2.22. The molecular formula is C18H23N3O2S2. The topological polar surface area (TPSA) is 64.0 Å². The maximum Gasteiger partial charge on any atom is 0.263 e. The standard InChI is InChI=1S/C18H23N3O2S2/c1-4-19-14(22)10-24-18-20-16-15(17(23)21(18)9-11(2)3)12-7-5-6-8-13(12)25-16/h2,4-10H2,1,3H3,(H,19,22). The van der Waals surface area contributed by atoms with Gasteiger partial charge in [0.25, 0.3) is 5.56 Å². The van der Waals surface area contributed by atoms with E-state index in [0.29, 0.717) is 18.2 Å². The number of thioether (sulfide) groups is 1. The number of carbonyl (C=O) groups excluding carboxylic acids is 1. The van der Waals surface area contributed by atoms with Crippen LogP contribution in [0.25, 0.3) is 10.2 Å². The van der Waals surface area contributed by atoms with Gasteiger partial charge in [-0.1, -0.05) is 23.9 Å². The molecule has 0 aromatic carbocycles. The summed E-state index contributed by atoms with van der Waals surface area (Å²) < 4.78 is 1.68. The molecule has 7 heteroatoms. The molecule has 1 aliphatic carbocycles. The summed E-state index contributed by atoms with van der Waals surface area (Å²) in [6.07, 6.45) is 4.31. The minimum atomic E-state index is -0.0470. The van der Waals surface area contributed by atoms with Crippen molar-refractivity contribution in [3.63, 3.8) is 0 Å². The van der Waals surface area contributed by atoms with Crippen LogP contribution in [-0.2, 0) is 24.2 Å². The van der Waals surface area contributed by atoms with Gasteiger partial charge in [0, 0.05) is 18.0 Å². The van der Waals surface area contributed by atoms with Crippen LogP contribution in [-0.4, -0.2) is 27.8 Å². The maximum absolute atomic E-state index is 13.2. The van der Waals surface area contributed by atoms with Crippen LogP contribution < -0.4 is 10.9 Å². The van der Waals surface area contributed by atoms with Crippen molar-refractivity contribution in [1.29, 1.82) is 0 Å². The highest BCUT2D eigenvalue weighted by molar-refractivity contribution is 7.99. The Hall–Kier alpha value is -1.60. The first-order valence-electron chi connectivity index (χ1n) is 8.60. The maximum atomic E-state index is 13.2. The predicted octanol–water partition coefficient (Wildman–Crippen LogP) is 3.14. The molecule has 0 radical (unpaired) electrons. The summed E-state index contributed by atoms with van der Waals surface area (Å²) in [6.45, 7) is 8.76. The highest BCUT2D eigenvalue weighted by Crippen LogP contribution is 2.34. The van der Waals surface area contributed by atoms with E-state index in [1.165, 1.54) is 28.6 Å². The van der Waals surface area contributed by atoms with Crippen molar-refractivity contribution in [3.8, 4) is 0 Å². The van der Waals surface area contributed by atoms with E-state index in [9.17, 15) is 9.59 Å². The number of amides is 1. The van der Waals surface area contributed by atoms with E-state index in [1.54, 1.807) is 15.9 Å². The van der Waals surface area contributed by atoms with Crippen LogP contribution in [0.1, 0.15) is 37.1 Å². The number of aryl methyl sites for hydroxylation is 2. The molecule has 0 saturated carbocycles. The Morgan fingerprint density at radius 3 is 2.88 bits per heavy atom. The first kappa shape index (κ1) is 18.2. The summed E-state index contributed by atoms with van der Waals surface area (Å²) in [5.74, 6) is 0.210. The van der Waals surface area contributed by atoms with E-state index in [1.807, 2.05) is 13.8 Å². The Balaban J connectivity index is 2.06. The van der Waals surface area contributed by atoms with Gasteiger partial charge in [0.2, 0.25) is 5.91 Å². The largest absolute Gasteiger partial charge is 0.356 e. The second-order valence-electron chi connectivity index (χ2n) is 6.38. The quantitative estimate of drug-likeness (QED) is 0.477. The molecule has 0 atom stereocenters. The van der Waals surface area contributed by atoms with Crippen molar-refractivity contribution in [2.45, 2.75) is 51.2 Å². The number of hydrogen-bond acceptors (Lipinski definition) is 5. The van der Waals surface area contributed by atoms with Gasteiger partial charge in [0.05, 0.1) is 11.1 Å². The monoisotopic (exact) mass is 377 g/mol. The number of aromatic nitrogens is 2. The van der Waals surface area contributed by atoms with Gasteiger partial charge in [-0.05, 0) is 45.1 Å². The van der Waals surface area contributed by atoms with Crippen LogP contribution in [0.3, 0.4) is 0 Å². The number of nitrogens with one attached hydrogen (secondary N) is 1. The number of rotatable bonds is 6. The first-order valence-corrected chi connectivity index (χ1v) is 10.4. The summed E-state index contributed by atoms with van der Waals surface area (Å²) in [5.41, 5.74) is 2.09. The highest BCUT2D eigenvalue weighted by atomic mass is 32.2. The van der Waals surface area contributed by atoms with Gasteiger partial charge in [-0.2, -0.15) is 0 Å². The Morgan fingerprint density at radius 1 is 1.40 bits per heavy atom. The molecule has 0 aliphatic heterocycles. The summed E-state index contributed by atoms with van der Waals surface area (Å²) >= 11 is 2.96. The van der Waals surface area contributed by atoms with Crippen LogP contribution in [0.2, 0.25) is 0 Å². The SMILES string of the molecule is C=C(C)Cn1c(SCC(=O)NCC)nc2sc3c(c2c1=O)CCCC3. The minimum absolute atomic E-state index is 0.00537. The van der Waals surface area contributed by atoms with Crippen molar-refractivity contribution >= 4 is 39.2 Å². The van der Waals surface area contributed by atoms with Crippen LogP contribution in [0.4, 0.5) is 0 Å². The Morgan fingerprint density at radius 2 is 2.16 bits per heavy atom. The van der Waals surface area contributed by atoms with Crippen molar-refractivity contribution < 1.29 is 4.79 Å². The molecule has 0 bridgehead atoms. The fourth-order valence-electron chi connectivity index (χ4n) is 3.12. The van der Waals surface area contributed by atoms with E-state index in [-0.39, 0.29) is 17.2 Å². The zero-order chi connectivity index (χ0) is 18.0. The lowest BCUT2D eigenvalue weighted by molar-refractivity contribution is -0.118. The van der Waals surface area contributed by atoms with Crippen LogP contribution in [0.15, 0.2) is 22.1 Å². The fourth-order valence-corrected chi connectivity index (χ4v) is 5.25. The smallest absolute Gasteiger partial charge is 0.263 e. The summed E-state index contributed by atoms with van der Waals surface area (Å²) in [4.78, 5) is 31.8. The zero-order valence-corrected chi connectivity index (χ0v) is 16.3. The fraction of sp³-hybridized carbons (Fsp3) is 0.500. The molecule has 3 rings (SSSR count). The molecule has 0 unspecified atom stereocenters. The number of thiophene rings is 1. The molecule has 1 aliphatic rings. The molecule has 25 heavy (non-hydrogen) atoms. The molecule has 2 heterocycles. The van der Waals surface area contributed by atoms with Gasteiger partial charge in [-0.25, -0.2) is 4.98 Å². The van der Waals surface area contributed by atoms with E-state index in [0.717, 1.165) is 35.1 Å². The van der Waals surface area contributed by atoms with Crippen LogP contribution in [0.5, 0.6) is 0 Å². The average Bonchev–Trinajstić information content (AvgIpc) is 2.94.